The number of hydrazine groups is 2. The molecule has 0 fully saturated rings. The first kappa shape index (κ1) is 33.6. The summed E-state index contributed by atoms with van der Waals surface area (Å²) in [5.74, 6) is -21.7. The molecule has 2 aromatic rings. The van der Waals surface area contributed by atoms with Crippen molar-refractivity contribution in [2.75, 3.05) is 39.3 Å². The summed E-state index contributed by atoms with van der Waals surface area (Å²) in [6.45, 7) is 0. The van der Waals surface area contributed by atoms with E-state index in [0.29, 0.717) is 0 Å². The Hall–Kier alpha value is -2.44. The highest BCUT2D eigenvalue weighted by Crippen LogP contribution is 2.42. The van der Waals surface area contributed by atoms with Gasteiger partial charge in [0.05, 0.1) is 0 Å². The van der Waals surface area contributed by atoms with Crippen molar-refractivity contribution in [1.29, 1.82) is 0 Å². The first-order valence-corrected chi connectivity index (χ1v) is 12.2. The summed E-state index contributed by atoms with van der Waals surface area (Å²) in [5, 5.41) is 3.39. The molecule has 2 rings (SSSR count). The predicted octanol–water partition coefficient (Wildman–Crippen LogP) is 5.40. The molecule has 0 radical (unpaired) electrons. The summed E-state index contributed by atoms with van der Waals surface area (Å²) >= 11 is 0. The second-order valence-corrected chi connectivity index (χ2v) is 9.99. The zero-order valence-electron chi connectivity index (χ0n) is 19.1. The summed E-state index contributed by atoms with van der Waals surface area (Å²) in [4.78, 5) is 0. The molecular weight excluding hydrogens is 596 g/mol. The van der Waals surface area contributed by atoms with E-state index in [0.717, 1.165) is 28.4 Å². The summed E-state index contributed by atoms with van der Waals surface area (Å²) in [6.07, 6.45) is 0. The summed E-state index contributed by atoms with van der Waals surface area (Å²) in [7, 11) is -4.16. The van der Waals surface area contributed by atoms with Crippen molar-refractivity contribution < 1.29 is 71.1 Å². The van der Waals surface area contributed by atoms with E-state index in [1.54, 1.807) is 21.2 Å². The van der Waals surface area contributed by atoms with Gasteiger partial charge in [-0.15, -0.1) is 10.4 Å². The van der Waals surface area contributed by atoms with Crippen molar-refractivity contribution in [3.05, 3.63) is 58.2 Å². The first-order valence-electron chi connectivity index (χ1n) is 9.07. The molecule has 38 heavy (non-hydrogen) atoms. The van der Waals surface area contributed by atoms with Gasteiger partial charge in [-0.2, -0.15) is 0 Å². The van der Waals surface area contributed by atoms with Crippen molar-refractivity contribution in [3.63, 3.8) is 0 Å². The average Bonchev–Trinajstić information content (AvgIpc) is 2.92. The Kier molecular flexibility index (Phi) is 12.0. The van der Waals surface area contributed by atoms with Gasteiger partial charge in [0.1, 0.15) is 11.4 Å². The van der Waals surface area contributed by atoms with Crippen LogP contribution in [0.5, 0.6) is 0 Å². The topological polar surface area (TPSA) is 119 Å². The van der Waals surface area contributed by atoms with Crippen molar-refractivity contribution in [3.8, 4) is 0 Å². The number of anilines is 2. The van der Waals surface area contributed by atoms with Gasteiger partial charge >= 0.3 is 15.5 Å². The van der Waals surface area contributed by atoms with E-state index in [1.807, 2.05) is 0 Å². The molecule has 0 aliphatic heterocycles. The summed E-state index contributed by atoms with van der Waals surface area (Å²) in [6, 6.07) is 0. The Morgan fingerprint density at radius 2 is 0.605 bits per heavy atom. The second-order valence-electron chi connectivity index (χ2n) is 6.09. The fourth-order valence-electron chi connectivity index (χ4n) is 2.01. The molecule has 0 saturated carbocycles. The van der Waals surface area contributed by atoms with Crippen LogP contribution in [0.4, 0.5) is 55.3 Å². The Balaban J connectivity index is 0.000000380. The maximum Gasteiger partial charge on any atom is 0.422 e. The van der Waals surface area contributed by atoms with Gasteiger partial charge in [-0.25, -0.2) is 53.0 Å². The van der Waals surface area contributed by atoms with Crippen LogP contribution in [0.2, 0.25) is 0 Å². The number of hydrogen-bond acceptors (Lipinski definition) is 8. The molecule has 0 saturated heterocycles. The van der Waals surface area contributed by atoms with Gasteiger partial charge in [-0.3, -0.25) is 18.1 Å². The highest BCUT2D eigenvalue weighted by atomic mass is 31.2. The van der Waals surface area contributed by atoms with Gasteiger partial charge in [0.15, 0.2) is 46.5 Å². The normalized spacial score (nSPS) is 11.7. The van der Waals surface area contributed by atoms with Gasteiger partial charge in [0.25, 0.3) is 0 Å². The fourth-order valence-corrected chi connectivity index (χ4v) is 3.17. The van der Waals surface area contributed by atoms with Crippen LogP contribution in [0.25, 0.3) is 0 Å². The zero-order valence-corrected chi connectivity index (χ0v) is 20.9. The minimum absolute atomic E-state index is 0.942. The number of rotatable bonds is 10. The van der Waals surface area contributed by atoms with Crippen LogP contribution in [-0.4, -0.2) is 28.4 Å². The number of nitrogens with one attached hydrogen (secondary N) is 4. The molecule has 4 N–H and O–H groups in total. The van der Waals surface area contributed by atoms with Crippen LogP contribution < -0.4 is 21.2 Å². The molecule has 0 bridgehead atoms. The molecular formula is C16H16F10N4O6P2. The van der Waals surface area contributed by atoms with E-state index >= 15 is 0 Å². The Morgan fingerprint density at radius 3 is 0.789 bits per heavy atom. The van der Waals surface area contributed by atoms with Gasteiger partial charge in [-0.05, 0) is 0 Å². The van der Waals surface area contributed by atoms with Crippen LogP contribution in [0.3, 0.4) is 0 Å². The molecule has 2 aromatic carbocycles. The summed E-state index contributed by atoms with van der Waals surface area (Å²) < 4.78 is 170. The van der Waals surface area contributed by atoms with Gasteiger partial charge in [0.2, 0.25) is 11.6 Å². The van der Waals surface area contributed by atoms with E-state index in [9.17, 15) is 53.0 Å². The Bertz CT molecular complexity index is 1100. The fraction of sp³-hybridized carbons (Fsp3) is 0.250. The number of benzene rings is 2. The van der Waals surface area contributed by atoms with E-state index in [-0.39, 0.29) is 0 Å². The standard InChI is InChI=1S/2C8H8F5N2O3P/c2*1-17-19(16,18-2)15-14-8-6(12)4(10)3(9)5(11)7(8)13/h2*14H,1-2H3,(H,15,16). The maximum atomic E-state index is 13.2. The highest BCUT2D eigenvalue weighted by Gasteiger charge is 2.29. The Labute approximate surface area is 206 Å². The lowest BCUT2D eigenvalue weighted by Crippen LogP contribution is -2.23. The lowest BCUT2D eigenvalue weighted by molar-refractivity contribution is 0.266. The molecule has 0 aromatic heterocycles. The molecule has 0 atom stereocenters. The van der Waals surface area contributed by atoms with Crippen molar-refractivity contribution in [2.24, 2.45) is 0 Å². The number of halogens is 10. The third kappa shape index (κ3) is 7.35. The van der Waals surface area contributed by atoms with E-state index < -0.39 is 85.0 Å². The maximum absolute atomic E-state index is 13.2. The molecule has 0 amide bonds. The third-order valence-corrected chi connectivity index (χ3v) is 6.71. The molecule has 10 nitrogen and oxygen atoms in total. The highest BCUT2D eigenvalue weighted by molar-refractivity contribution is 7.51. The van der Waals surface area contributed by atoms with Crippen LogP contribution >= 0.6 is 15.5 Å². The van der Waals surface area contributed by atoms with Crippen LogP contribution in [-0.2, 0) is 27.2 Å². The lowest BCUT2D eigenvalue weighted by atomic mass is 10.2. The molecule has 0 aliphatic rings. The van der Waals surface area contributed by atoms with Gasteiger partial charge < -0.3 is 10.9 Å². The second kappa shape index (κ2) is 13.6. The van der Waals surface area contributed by atoms with Gasteiger partial charge in [-0.1, -0.05) is 0 Å². The molecule has 0 spiro atoms. The average molecular weight is 612 g/mol. The monoisotopic (exact) mass is 612 g/mol. The minimum Gasteiger partial charge on any atom is -0.307 e. The van der Waals surface area contributed by atoms with Crippen LogP contribution in [0.15, 0.2) is 0 Å². The molecule has 0 unspecified atom stereocenters. The smallest absolute Gasteiger partial charge is 0.307 e. The SMILES string of the molecule is COP(=O)(NNc1c(F)c(F)c(F)c(F)c1F)OC.COP(=O)(NNc1c(F)c(F)c(F)c(F)c1F)OC. The quantitative estimate of drug-likeness (QED) is 0.0914. The molecule has 216 valence electrons. The lowest BCUT2D eigenvalue weighted by Gasteiger charge is -2.17. The van der Waals surface area contributed by atoms with Crippen molar-refractivity contribution >= 4 is 26.9 Å². The summed E-state index contributed by atoms with van der Waals surface area (Å²) in [5.41, 5.74) is 0.323. The molecule has 22 heteroatoms. The first-order chi connectivity index (χ1) is 17.5. The number of hydrogen-bond donors (Lipinski definition) is 4. The van der Waals surface area contributed by atoms with Crippen LogP contribution in [0, 0.1) is 58.2 Å². The van der Waals surface area contributed by atoms with Gasteiger partial charge in [0, 0.05) is 28.4 Å². The molecule has 0 aliphatic carbocycles. The largest absolute Gasteiger partial charge is 0.422 e. The predicted molar refractivity (Wildman–Crippen MR) is 109 cm³/mol. The van der Waals surface area contributed by atoms with Crippen LogP contribution in [0.1, 0.15) is 0 Å². The van der Waals surface area contributed by atoms with E-state index in [4.69, 9.17) is 0 Å². The zero-order chi connectivity index (χ0) is 29.6. The van der Waals surface area contributed by atoms with E-state index in [1.165, 1.54) is 0 Å². The minimum atomic E-state index is -3.96. The molecule has 0 heterocycles. The van der Waals surface area contributed by atoms with E-state index in [2.05, 4.69) is 18.1 Å². The van der Waals surface area contributed by atoms with Crippen molar-refractivity contribution in [2.45, 2.75) is 0 Å². The Morgan fingerprint density at radius 1 is 0.421 bits per heavy atom. The third-order valence-electron chi connectivity index (χ3n) is 4.02. The van der Waals surface area contributed by atoms with Crippen molar-refractivity contribution in [1.82, 2.24) is 10.4 Å².